The number of carbonyl (C=O) groups excluding carboxylic acids is 9. The Hall–Kier alpha value is -4.85. The van der Waals surface area contributed by atoms with Gasteiger partial charge in [0.15, 0.2) is 42.9 Å². The van der Waals surface area contributed by atoms with Crippen LogP contribution in [0.25, 0.3) is 0 Å². The van der Waals surface area contributed by atoms with E-state index in [9.17, 15) is 43.2 Å². The molecule has 0 aromatic heterocycles. The first kappa shape index (κ1) is 43.2. The quantitative estimate of drug-likeness (QED) is 0.134. The van der Waals surface area contributed by atoms with E-state index >= 15 is 0 Å². The average Bonchev–Trinajstić information content (AvgIpc) is 2.95. The summed E-state index contributed by atoms with van der Waals surface area (Å²) in [7, 11) is 0. The van der Waals surface area contributed by atoms with Crippen molar-refractivity contribution < 1.29 is 95.3 Å². The first-order valence-corrected chi connectivity index (χ1v) is 15.0. The van der Waals surface area contributed by atoms with Gasteiger partial charge >= 0.3 is 53.7 Å². The molecule has 1 heterocycles. The van der Waals surface area contributed by atoms with E-state index < -0.39 is 129 Å². The fourth-order valence-electron chi connectivity index (χ4n) is 4.59. The first-order chi connectivity index (χ1) is 23.2. The van der Waals surface area contributed by atoms with E-state index in [2.05, 4.69) is 0 Å². The van der Waals surface area contributed by atoms with Crippen molar-refractivity contribution in [2.45, 2.75) is 117 Å². The molecule has 1 saturated heterocycles. The molecule has 0 aromatic carbocycles. The highest BCUT2D eigenvalue weighted by Crippen LogP contribution is 2.33. The fraction of sp³-hybridized carbons (Fsp3) is 0.700. The molecule has 1 fully saturated rings. The van der Waals surface area contributed by atoms with Gasteiger partial charge in [-0.05, 0) is 0 Å². The molecular formula is C30H42O20. The lowest BCUT2D eigenvalue weighted by Gasteiger charge is -2.46. The van der Waals surface area contributed by atoms with E-state index in [0.29, 0.717) is 0 Å². The minimum Gasteiger partial charge on any atom is -0.463 e. The van der Waals surface area contributed by atoms with Gasteiger partial charge in [-0.2, -0.15) is 0 Å². The first-order valence-electron chi connectivity index (χ1n) is 15.0. The molecule has 20 nitrogen and oxygen atoms in total. The minimum absolute atomic E-state index is 0.654. The number of rotatable bonds is 17. The third-order valence-corrected chi connectivity index (χ3v) is 6.13. The highest BCUT2D eigenvalue weighted by atomic mass is 16.8. The van der Waals surface area contributed by atoms with Crippen molar-refractivity contribution in [3.8, 4) is 0 Å². The largest absolute Gasteiger partial charge is 0.463 e. The zero-order valence-corrected chi connectivity index (χ0v) is 29.0. The lowest BCUT2D eigenvalue weighted by Crippen LogP contribution is -2.65. The highest BCUT2D eigenvalue weighted by molar-refractivity contribution is 5.70. The summed E-state index contributed by atoms with van der Waals surface area (Å²) >= 11 is 0. The smallest absolute Gasteiger partial charge is 0.303 e. The Morgan fingerprint density at radius 2 is 0.860 bits per heavy atom. The lowest BCUT2D eigenvalue weighted by molar-refractivity contribution is -0.331. The molecule has 282 valence electrons. The summed E-state index contributed by atoms with van der Waals surface area (Å²) in [6, 6.07) is 0. The monoisotopic (exact) mass is 722 g/mol. The summed E-state index contributed by atoms with van der Waals surface area (Å²) in [5.41, 5.74) is 0. The van der Waals surface area contributed by atoms with Crippen molar-refractivity contribution in [3.05, 3.63) is 0 Å². The molecule has 3 unspecified atom stereocenters. The van der Waals surface area contributed by atoms with Crippen molar-refractivity contribution in [3.63, 3.8) is 0 Å². The van der Waals surface area contributed by atoms with Crippen molar-refractivity contribution >= 4 is 53.7 Å². The molecule has 0 aromatic rings. The summed E-state index contributed by atoms with van der Waals surface area (Å²) in [5.74, 6) is -8.38. The Kier molecular flexibility index (Phi) is 17.8. The van der Waals surface area contributed by atoms with E-state index in [1.54, 1.807) is 0 Å². The van der Waals surface area contributed by atoms with Gasteiger partial charge in [-0.3, -0.25) is 43.2 Å². The molecular weight excluding hydrogens is 680 g/mol. The summed E-state index contributed by atoms with van der Waals surface area (Å²) in [6.45, 7) is 6.74. The van der Waals surface area contributed by atoms with Gasteiger partial charge in [-0.15, -0.1) is 0 Å². The van der Waals surface area contributed by atoms with Crippen LogP contribution in [0.4, 0.5) is 0 Å². The topological polar surface area (TPSA) is 255 Å². The summed E-state index contributed by atoms with van der Waals surface area (Å²) < 4.78 is 59.5. The second-order valence-electron chi connectivity index (χ2n) is 10.6. The molecule has 0 amide bonds. The minimum atomic E-state index is -1.97. The zero-order valence-electron chi connectivity index (χ0n) is 29.0. The van der Waals surface area contributed by atoms with Crippen molar-refractivity contribution in [1.82, 2.24) is 0 Å². The molecule has 0 bridgehead atoms. The van der Waals surface area contributed by atoms with Crippen LogP contribution in [0.5, 0.6) is 0 Å². The van der Waals surface area contributed by atoms with Gasteiger partial charge < -0.3 is 52.1 Å². The Balaban J connectivity index is 4.07. The molecule has 0 radical (unpaired) electrons. The van der Waals surface area contributed by atoms with Gasteiger partial charge in [0.25, 0.3) is 0 Å². The van der Waals surface area contributed by atoms with Gasteiger partial charge in [0.05, 0.1) is 0 Å². The molecule has 50 heavy (non-hydrogen) atoms. The lowest BCUT2D eigenvalue weighted by atomic mass is 9.97. The second-order valence-corrected chi connectivity index (χ2v) is 10.6. The third-order valence-electron chi connectivity index (χ3n) is 6.13. The summed E-state index contributed by atoms with van der Waals surface area (Å²) in [5, 5.41) is 0. The van der Waals surface area contributed by atoms with E-state index in [-0.39, 0.29) is 0 Å². The Bertz CT molecular complexity index is 1260. The molecule has 0 spiro atoms. The number of esters is 9. The maximum atomic E-state index is 12.4. The van der Waals surface area contributed by atoms with E-state index in [0.717, 1.165) is 62.3 Å². The Morgan fingerprint density at radius 1 is 0.460 bits per heavy atom. The molecule has 20 heteroatoms. The number of hydrogen-bond donors (Lipinski definition) is 0. The van der Waals surface area contributed by atoms with Gasteiger partial charge in [-0.1, -0.05) is 0 Å². The predicted molar refractivity (Wildman–Crippen MR) is 157 cm³/mol. The third kappa shape index (κ3) is 15.6. The Labute approximate surface area is 286 Å². The van der Waals surface area contributed by atoms with Gasteiger partial charge in [0, 0.05) is 62.3 Å². The normalized spacial score (nSPS) is 22.1. The summed E-state index contributed by atoms with van der Waals surface area (Å²) in [4.78, 5) is 109. The summed E-state index contributed by atoms with van der Waals surface area (Å²) in [6.07, 6.45) is -15.9. The van der Waals surface area contributed by atoms with Crippen LogP contribution in [0.3, 0.4) is 0 Å². The van der Waals surface area contributed by atoms with Gasteiger partial charge in [0.2, 0.25) is 0 Å². The van der Waals surface area contributed by atoms with E-state index in [4.69, 9.17) is 52.1 Å². The van der Waals surface area contributed by atoms with Crippen LogP contribution in [0, 0.1) is 0 Å². The highest BCUT2D eigenvalue weighted by Gasteiger charge is 2.55. The molecule has 1 aliphatic rings. The molecule has 9 atom stereocenters. The number of carbonyl (C=O) groups is 9. The molecule has 1 rings (SSSR count). The van der Waals surface area contributed by atoms with Crippen molar-refractivity contribution in [2.75, 3.05) is 19.8 Å². The maximum absolute atomic E-state index is 12.4. The van der Waals surface area contributed by atoms with Gasteiger partial charge in [0.1, 0.15) is 32.0 Å². The number of hydrogen-bond acceptors (Lipinski definition) is 20. The zero-order chi connectivity index (χ0) is 38.3. The van der Waals surface area contributed by atoms with Crippen LogP contribution < -0.4 is 0 Å². The molecule has 0 saturated carbocycles. The number of ether oxygens (including phenoxy) is 11. The second kappa shape index (κ2) is 20.6. The van der Waals surface area contributed by atoms with Crippen LogP contribution in [-0.4, -0.2) is 129 Å². The average molecular weight is 723 g/mol. The van der Waals surface area contributed by atoms with Crippen LogP contribution >= 0.6 is 0 Å². The molecule has 0 N–H and O–H groups in total. The van der Waals surface area contributed by atoms with Crippen molar-refractivity contribution in [2.24, 2.45) is 0 Å². The standard InChI is InChI=1S/C30H42O20/c1-13(31)40-10-22(43-16(4)34)25(45-18(6)36)26(23(44-17(5)35)11-41-14(2)32)50-30-29(48-21(9)39)28(47-20(8)38)27(46-19(7)37)24(49-30)12-42-15(3)33/h22-30H,10-12H2,1-9H3/t22-,23?,24?,25+,26+,27-,28?,29-,30-/m0/s1. The van der Waals surface area contributed by atoms with E-state index in [1.807, 2.05) is 0 Å². The van der Waals surface area contributed by atoms with Crippen molar-refractivity contribution in [1.29, 1.82) is 0 Å². The molecule has 1 aliphatic heterocycles. The SMILES string of the molecule is CC(=O)OCC1O[C@@H](O[C@H](C(COC(C)=O)OC(C)=O)[C@H](OC(C)=O)[C@H](COC(C)=O)OC(C)=O)[C@@H](OC(C)=O)C(OC(C)=O)[C@H]1OC(C)=O. The molecule has 0 aliphatic carbocycles. The maximum Gasteiger partial charge on any atom is 0.303 e. The fourth-order valence-corrected chi connectivity index (χ4v) is 4.59. The Morgan fingerprint density at radius 3 is 1.26 bits per heavy atom. The van der Waals surface area contributed by atoms with Crippen LogP contribution in [0.1, 0.15) is 62.3 Å². The van der Waals surface area contributed by atoms with Gasteiger partial charge in [-0.25, -0.2) is 0 Å². The predicted octanol–water partition coefficient (Wildman–Crippen LogP) is -0.624. The van der Waals surface area contributed by atoms with Crippen LogP contribution in [-0.2, 0) is 95.3 Å². The van der Waals surface area contributed by atoms with Crippen LogP contribution in [0.2, 0.25) is 0 Å². The van der Waals surface area contributed by atoms with E-state index in [1.165, 1.54) is 0 Å². The van der Waals surface area contributed by atoms with Crippen LogP contribution in [0.15, 0.2) is 0 Å².